The monoisotopic (exact) mass is 633 g/mol. The first kappa shape index (κ1) is 30.4. The largest absolute Gasteiger partial charge is 0.464 e. The fourth-order valence-corrected chi connectivity index (χ4v) is 7.18. The minimum Gasteiger partial charge on any atom is -0.464 e. The van der Waals surface area contributed by atoms with E-state index in [1.807, 2.05) is 0 Å². The SMILES string of the molecule is O=C(OCCn1c(=O)n(CCOC(=O)C2CCC3OC3C2)c(=O)n(CCOC(=O)C2CCC3OC3C2)c1=O)C1CCC2OC2C1. The number of fused-ring (bicyclic) bond motifs is 3. The second-order valence-corrected chi connectivity index (χ2v) is 13.0. The Bertz CT molecular complexity index is 1310. The maximum absolute atomic E-state index is 13.3. The van der Waals surface area contributed by atoms with E-state index in [-0.39, 0.29) is 93.8 Å². The van der Waals surface area contributed by atoms with Crippen LogP contribution in [-0.4, -0.2) is 88.1 Å². The number of esters is 3. The Morgan fingerprint density at radius 1 is 0.489 bits per heavy atom. The molecule has 0 radical (unpaired) electrons. The average molecular weight is 634 g/mol. The van der Waals surface area contributed by atoms with Crippen LogP contribution >= 0.6 is 0 Å². The molecule has 6 aliphatic rings. The molecule has 246 valence electrons. The van der Waals surface area contributed by atoms with Gasteiger partial charge in [0.1, 0.15) is 19.8 Å². The molecule has 6 fully saturated rings. The van der Waals surface area contributed by atoms with E-state index in [9.17, 15) is 28.8 Å². The van der Waals surface area contributed by atoms with Crippen LogP contribution in [-0.2, 0) is 62.4 Å². The molecule has 7 rings (SSSR count). The van der Waals surface area contributed by atoms with Crippen LogP contribution in [0.15, 0.2) is 14.4 Å². The molecule has 9 atom stereocenters. The van der Waals surface area contributed by atoms with Gasteiger partial charge in [0.15, 0.2) is 0 Å². The van der Waals surface area contributed by atoms with Crippen LogP contribution in [0.25, 0.3) is 0 Å². The first-order chi connectivity index (χ1) is 21.8. The summed E-state index contributed by atoms with van der Waals surface area (Å²) >= 11 is 0. The lowest BCUT2D eigenvalue weighted by Gasteiger charge is -2.19. The van der Waals surface area contributed by atoms with Crippen molar-refractivity contribution in [2.45, 2.75) is 114 Å². The van der Waals surface area contributed by atoms with Crippen LogP contribution < -0.4 is 17.1 Å². The van der Waals surface area contributed by atoms with Crippen molar-refractivity contribution in [2.75, 3.05) is 19.8 Å². The molecular formula is C30H39N3O12. The quantitative estimate of drug-likeness (QED) is 0.164. The molecule has 3 saturated carbocycles. The molecule has 1 aromatic rings. The number of carbonyl (C=O) groups is 3. The third-order valence-electron chi connectivity index (χ3n) is 10.1. The molecule has 0 amide bonds. The predicted octanol–water partition coefficient (Wildman–Crippen LogP) is -0.496. The number of carbonyl (C=O) groups excluding carboxylic acids is 3. The van der Waals surface area contributed by atoms with E-state index in [1.54, 1.807) is 0 Å². The van der Waals surface area contributed by atoms with Crippen LogP contribution in [0.5, 0.6) is 0 Å². The van der Waals surface area contributed by atoms with E-state index in [2.05, 4.69) is 0 Å². The molecule has 9 unspecified atom stereocenters. The van der Waals surface area contributed by atoms with Crippen molar-refractivity contribution in [1.29, 1.82) is 0 Å². The van der Waals surface area contributed by atoms with Gasteiger partial charge >= 0.3 is 35.0 Å². The highest BCUT2D eigenvalue weighted by Gasteiger charge is 2.48. The highest BCUT2D eigenvalue weighted by molar-refractivity contribution is 5.73. The Labute approximate surface area is 257 Å². The van der Waals surface area contributed by atoms with Crippen LogP contribution in [0.1, 0.15) is 57.8 Å². The number of rotatable bonds is 12. The maximum atomic E-state index is 13.3. The molecule has 4 heterocycles. The average Bonchev–Trinajstić information content (AvgIpc) is 3.92. The molecule has 3 aliphatic heterocycles. The topological polar surface area (TPSA) is 182 Å². The van der Waals surface area contributed by atoms with E-state index in [0.29, 0.717) is 38.5 Å². The van der Waals surface area contributed by atoms with Crippen molar-refractivity contribution in [3.63, 3.8) is 0 Å². The highest BCUT2D eigenvalue weighted by Crippen LogP contribution is 2.41. The lowest BCUT2D eigenvalue weighted by molar-refractivity contribution is -0.150. The fourth-order valence-electron chi connectivity index (χ4n) is 7.18. The predicted molar refractivity (Wildman–Crippen MR) is 150 cm³/mol. The van der Waals surface area contributed by atoms with Crippen LogP contribution in [0.3, 0.4) is 0 Å². The summed E-state index contributed by atoms with van der Waals surface area (Å²) in [5.74, 6) is -2.15. The number of nitrogens with zero attached hydrogens (tertiary/aromatic N) is 3. The summed E-state index contributed by atoms with van der Waals surface area (Å²) in [6.07, 6.45) is 7.05. The zero-order valence-electron chi connectivity index (χ0n) is 25.0. The van der Waals surface area contributed by atoms with E-state index >= 15 is 0 Å². The highest BCUT2D eigenvalue weighted by atomic mass is 16.6. The Morgan fingerprint density at radius 3 is 1.04 bits per heavy atom. The normalized spacial score (nSPS) is 34.0. The summed E-state index contributed by atoms with van der Waals surface area (Å²) < 4.78 is 35.1. The molecule has 0 aromatic carbocycles. The molecule has 0 spiro atoms. The van der Waals surface area contributed by atoms with Gasteiger partial charge < -0.3 is 28.4 Å². The minimum atomic E-state index is -0.912. The molecule has 45 heavy (non-hydrogen) atoms. The Hall–Kier alpha value is -3.30. The van der Waals surface area contributed by atoms with Crippen molar-refractivity contribution in [3.05, 3.63) is 31.5 Å². The van der Waals surface area contributed by atoms with Gasteiger partial charge in [0, 0.05) is 0 Å². The Balaban J connectivity index is 1.01. The fraction of sp³-hybridized carbons (Fsp3) is 0.800. The first-order valence-electron chi connectivity index (χ1n) is 16.2. The van der Waals surface area contributed by atoms with Gasteiger partial charge in [-0.05, 0) is 57.8 Å². The summed E-state index contributed by atoms with van der Waals surface area (Å²) in [6.45, 7) is -1.60. The molecule has 3 saturated heterocycles. The number of aromatic nitrogens is 3. The van der Waals surface area contributed by atoms with Gasteiger partial charge in [-0.3, -0.25) is 14.4 Å². The smallest absolute Gasteiger partial charge is 0.336 e. The number of epoxide rings is 3. The number of hydrogen-bond acceptors (Lipinski definition) is 12. The molecule has 15 nitrogen and oxygen atoms in total. The van der Waals surface area contributed by atoms with Crippen LogP contribution in [0.2, 0.25) is 0 Å². The maximum Gasteiger partial charge on any atom is 0.336 e. The van der Waals surface area contributed by atoms with Gasteiger partial charge in [-0.1, -0.05) is 0 Å². The number of ether oxygens (including phenoxy) is 6. The summed E-state index contributed by atoms with van der Waals surface area (Å²) in [7, 11) is 0. The zero-order chi connectivity index (χ0) is 31.2. The second-order valence-electron chi connectivity index (χ2n) is 13.0. The van der Waals surface area contributed by atoms with Gasteiger partial charge in [-0.25, -0.2) is 28.1 Å². The molecule has 1 aromatic heterocycles. The van der Waals surface area contributed by atoms with E-state index in [1.165, 1.54) is 0 Å². The molecule has 15 heteroatoms. The van der Waals surface area contributed by atoms with Gasteiger partial charge in [-0.2, -0.15) is 0 Å². The molecular weight excluding hydrogens is 594 g/mol. The van der Waals surface area contributed by atoms with Crippen molar-refractivity contribution in [2.24, 2.45) is 17.8 Å². The first-order valence-corrected chi connectivity index (χ1v) is 16.2. The van der Waals surface area contributed by atoms with Crippen LogP contribution in [0.4, 0.5) is 0 Å². The van der Waals surface area contributed by atoms with Crippen molar-refractivity contribution in [3.8, 4) is 0 Å². The summed E-state index contributed by atoms with van der Waals surface area (Å²) in [4.78, 5) is 77.9. The van der Waals surface area contributed by atoms with Gasteiger partial charge in [0.2, 0.25) is 0 Å². The number of hydrogen-bond donors (Lipinski definition) is 0. The lowest BCUT2D eigenvalue weighted by atomic mass is 9.89. The van der Waals surface area contributed by atoms with Crippen LogP contribution in [0, 0.1) is 17.8 Å². The second kappa shape index (κ2) is 12.5. The zero-order valence-corrected chi connectivity index (χ0v) is 25.0. The van der Waals surface area contributed by atoms with E-state index in [4.69, 9.17) is 28.4 Å². The molecule has 0 bridgehead atoms. The summed E-state index contributed by atoms with van der Waals surface area (Å²) in [5.41, 5.74) is -2.74. The van der Waals surface area contributed by atoms with Crippen molar-refractivity contribution < 1.29 is 42.8 Å². The lowest BCUT2D eigenvalue weighted by Crippen LogP contribution is -2.55. The van der Waals surface area contributed by atoms with E-state index < -0.39 is 35.0 Å². The Kier molecular flexibility index (Phi) is 8.42. The van der Waals surface area contributed by atoms with Gasteiger partial charge in [-0.15, -0.1) is 0 Å². The summed E-state index contributed by atoms with van der Waals surface area (Å²) in [5, 5.41) is 0. The Morgan fingerprint density at radius 2 is 0.778 bits per heavy atom. The minimum absolute atomic E-state index is 0.0898. The third-order valence-corrected chi connectivity index (χ3v) is 10.1. The third kappa shape index (κ3) is 6.66. The molecule has 3 aliphatic carbocycles. The summed E-state index contributed by atoms with van der Waals surface area (Å²) in [6, 6.07) is 0. The van der Waals surface area contributed by atoms with Gasteiger partial charge in [0.05, 0.1) is 74.0 Å². The molecule has 0 N–H and O–H groups in total. The van der Waals surface area contributed by atoms with Crippen molar-refractivity contribution in [1.82, 2.24) is 13.7 Å². The van der Waals surface area contributed by atoms with E-state index in [0.717, 1.165) is 33.0 Å². The standard InChI is InChI=1S/C30H39N3O12/c34-25(16-1-4-19-22(13-16)43-19)40-10-7-31-28(37)32(8-11-41-26(35)17-2-5-20-23(14-17)44-20)30(39)33(29(31)38)9-12-42-27(36)18-3-6-21-24(15-18)45-21/h16-24H,1-15H2. The van der Waals surface area contributed by atoms with Crippen molar-refractivity contribution >= 4 is 17.9 Å². The van der Waals surface area contributed by atoms with Gasteiger partial charge in [0.25, 0.3) is 0 Å².